The molecule has 0 radical (unpaired) electrons. The fraction of sp³-hybridized carbons (Fsp3) is 0.538. The van der Waals surface area contributed by atoms with E-state index in [1.807, 2.05) is 24.3 Å². The van der Waals surface area contributed by atoms with E-state index in [-0.39, 0.29) is 5.66 Å². The van der Waals surface area contributed by atoms with Gasteiger partial charge >= 0.3 is 0 Å². The largest absolute Gasteiger partial charge is 0.306 e. The lowest BCUT2D eigenvalue weighted by Gasteiger charge is -2.26. The van der Waals surface area contributed by atoms with Crippen molar-refractivity contribution < 1.29 is 4.57 Å². The van der Waals surface area contributed by atoms with Gasteiger partial charge in [0, 0.05) is 16.8 Å². The van der Waals surface area contributed by atoms with E-state index in [2.05, 4.69) is 0 Å². The summed E-state index contributed by atoms with van der Waals surface area (Å²) in [5, 5.41) is 0.704. The van der Waals surface area contributed by atoms with E-state index in [4.69, 9.17) is 22.8 Å². The van der Waals surface area contributed by atoms with Gasteiger partial charge in [-0.05, 0) is 30.5 Å². The fourth-order valence-electron chi connectivity index (χ4n) is 2.43. The van der Waals surface area contributed by atoms with Crippen molar-refractivity contribution in [2.75, 3.05) is 0 Å². The Kier molecular flexibility index (Phi) is 4.58. The van der Waals surface area contributed by atoms with Gasteiger partial charge < -0.3 is 4.57 Å². The van der Waals surface area contributed by atoms with Gasteiger partial charge in [-0.25, -0.2) is 0 Å². The molecule has 1 aliphatic carbocycles. The number of hydrogen-bond donors (Lipinski definition) is 0. The van der Waals surface area contributed by atoms with Gasteiger partial charge in [0.25, 0.3) is 0 Å². The highest BCUT2D eigenvalue weighted by Gasteiger charge is 2.31. The minimum absolute atomic E-state index is 0.216. The zero-order valence-corrected chi connectivity index (χ0v) is 12.1. The van der Waals surface area contributed by atoms with Crippen LogP contribution in [0.2, 0.25) is 5.02 Å². The van der Waals surface area contributed by atoms with Crippen LogP contribution in [-0.2, 0) is 10.7 Å². The quantitative estimate of drug-likeness (QED) is 0.654. The first-order valence-corrected chi connectivity index (χ1v) is 9.35. The normalized spacial score (nSPS) is 21.1. The zero-order valence-electron chi connectivity index (χ0n) is 9.74. The van der Waals surface area contributed by atoms with Crippen LogP contribution in [0.4, 0.5) is 0 Å². The molecule has 1 nitrogen and oxygen atoms in total. The van der Waals surface area contributed by atoms with Crippen LogP contribution in [0.1, 0.15) is 37.7 Å². The summed E-state index contributed by atoms with van der Waals surface area (Å²) >= 11 is 12.1. The molecule has 0 unspecified atom stereocenters. The van der Waals surface area contributed by atoms with Crippen molar-refractivity contribution in [3.8, 4) is 0 Å². The maximum absolute atomic E-state index is 12.6. The molecule has 1 aliphatic rings. The van der Waals surface area contributed by atoms with E-state index in [1.165, 1.54) is 19.3 Å². The molecule has 94 valence electrons. The topological polar surface area (TPSA) is 17.1 Å². The van der Waals surface area contributed by atoms with Crippen molar-refractivity contribution in [2.24, 2.45) is 0 Å². The molecule has 1 aromatic rings. The summed E-state index contributed by atoms with van der Waals surface area (Å²) < 4.78 is 12.6. The van der Waals surface area contributed by atoms with Crippen molar-refractivity contribution in [3.63, 3.8) is 0 Å². The second-order valence-corrected chi connectivity index (χ2v) is 9.39. The molecular formula is C13H17Cl2OP. The monoisotopic (exact) mass is 290 g/mol. The minimum atomic E-state index is -2.58. The third kappa shape index (κ3) is 3.74. The molecule has 1 saturated carbocycles. The lowest BCUT2D eigenvalue weighted by molar-refractivity contribution is 0.488. The average Bonchev–Trinajstić information content (AvgIpc) is 2.33. The first-order chi connectivity index (χ1) is 8.08. The second kappa shape index (κ2) is 5.78. The van der Waals surface area contributed by atoms with Gasteiger partial charge in [-0.2, -0.15) is 0 Å². The molecule has 0 aliphatic heterocycles. The number of hydrogen-bond acceptors (Lipinski definition) is 1. The standard InChI is InChI=1S/C13H17Cl2OP/c14-12-8-6-11(7-9-12)10-17(15,16)13-4-2-1-3-5-13/h6-9,13H,1-5,10H2/t17-/m1/s1. The van der Waals surface area contributed by atoms with E-state index in [1.54, 1.807) is 0 Å². The molecule has 0 saturated heterocycles. The van der Waals surface area contributed by atoms with Crippen LogP contribution >= 0.6 is 29.3 Å². The van der Waals surface area contributed by atoms with Crippen LogP contribution < -0.4 is 0 Å². The Bertz CT molecular complexity index is 410. The van der Waals surface area contributed by atoms with Gasteiger partial charge in [0.05, 0.1) is 0 Å². The van der Waals surface area contributed by atoms with Crippen LogP contribution in [0.3, 0.4) is 0 Å². The number of halogens is 2. The van der Waals surface area contributed by atoms with Crippen molar-refractivity contribution in [2.45, 2.75) is 43.9 Å². The van der Waals surface area contributed by atoms with Crippen LogP contribution in [0.15, 0.2) is 24.3 Å². The molecule has 1 atom stereocenters. The predicted octanol–water partition coefficient (Wildman–Crippen LogP) is 5.69. The summed E-state index contributed by atoms with van der Waals surface area (Å²) in [6.07, 6.45) is 6.14. The van der Waals surface area contributed by atoms with Gasteiger partial charge in [-0.3, -0.25) is 0 Å². The van der Waals surface area contributed by atoms with Crippen molar-refractivity contribution >= 4 is 29.3 Å². The third-order valence-corrected chi connectivity index (χ3v) is 7.27. The summed E-state index contributed by atoms with van der Waals surface area (Å²) in [5.74, 6) is 0. The number of benzene rings is 1. The highest BCUT2D eigenvalue weighted by atomic mass is 35.7. The van der Waals surface area contributed by atoms with Crippen molar-refractivity contribution in [1.82, 2.24) is 0 Å². The summed E-state index contributed by atoms with van der Waals surface area (Å²) in [4.78, 5) is 0. The van der Waals surface area contributed by atoms with Crippen LogP contribution in [0, 0.1) is 0 Å². The van der Waals surface area contributed by atoms with Gasteiger partial charge in [-0.15, -0.1) is 0 Å². The predicted molar refractivity (Wildman–Crippen MR) is 75.5 cm³/mol. The molecule has 1 fully saturated rings. The lowest BCUT2D eigenvalue weighted by Crippen LogP contribution is -2.11. The summed E-state index contributed by atoms with van der Waals surface area (Å²) in [7, 11) is 0. The summed E-state index contributed by atoms with van der Waals surface area (Å²) in [5.41, 5.74) is 1.24. The van der Waals surface area contributed by atoms with Crippen molar-refractivity contribution in [1.29, 1.82) is 0 Å². The van der Waals surface area contributed by atoms with Crippen molar-refractivity contribution in [3.05, 3.63) is 34.9 Å². The number of rotatable bonds is 3. The van der Waals surface area contributed by atoms with Gasteiger partial charge in [0.1, 0.15) is 0 Å². The minimum Gasteiger partial charge on any atom is -0.306 e. The van der Waals surface area contributed by atoms with Gasteiger partial charge in [0.15, 0.2) is 6.49 Å². The van der Waals surface area contributed by atoms with E-state index < -0.39 is 6.49 Å². The van der Waals surface area contributed by atoms with Gasteiger partial charge in [-0.1, -0.05) is 54.2 Å². The zero-order chi connectivity index (χ0) is 12.3. The first kappa shape index (κ1) is 13.5. The molecule has 0 aromatic heterocycles. The third-order valence-electron chi connectivity index (χ3n) is 3.43. The Hall–Kier alpha value is 0.0300. The Balaban J connectivity index is 2.05. The van der Waals surface area contributed by atoms with Crippen LogP contribution in [0.5, 0.6) is 0 Å². The highest BCUT2D eigenvalue weighted by Crippen LogP contribution is 2.62. The Labute approximate surface area is 113 Å². The smallest absolute Gasteiger partial charge is 0.176 e. The Morgan fingerprint density at radius 2 is 1.71 bits per heavy atom. The van der Waals surface area contributed by atoms with E-state index in [0.29, 0.717) is 11.2 Å². The second-order valence-electron chi connectivity index (χ2n) is 4.78. The molecule has 0 N–H and O–H groups in total. The molecule has 0 heterocycles. The molecule has 0 amide bonds. The Morgan fingerprint density at radius 3 is 2.29 bits per heavy atom. The van der Waals surface area contributed by atoms with Gasteiger partial charge in [0.2, 0.25) is 0 Å². The van der Waals surface area contributed by atoms with E-state index >= 15 is 0 Å². The molecule has 4 heteroatoms. The van der Waals surface area contributed by atoms with E-state index in [0.717, 1.165) is 18.4 Å². The van der Waals surface area contributed by atoms with E-state index in [9.17, 15) is 4.57 Å². The lowest BCUT2D eigenvalue weighted by atomic mass is 10.0. The molecular weight excluding hydrogens is 274 g/mol. The first-order valence-electron chi connectivity index (χ1n) is 6.11. The maximum Gasteiger partial charge on any atom is 0.176 e. The average molecular weight is 291 g/mol. The molecule has 17 heavy (non-hydrogen) atoms. The summed E-state index contributed by atoms with van der Waals surface area (Å²) in [6.45, 7) is -2.58. The summed E-state index contributed by atoms with van der Waals surface area (Å²) in [6, 6.07) is 7.49. The van der Waals surface area contributed by atoms with Crippen LogP contribution in [0.25, 0.3) is 0 Å². The Morgan fingerprint density at radius 1 is 1.12 bits per heavy atom. The fourth-order valence-corrected chi connectivity index (χ4v) is 5.66. The molecule has 0 bridgehead atoms. The van der Waals surface area contributed by atoms with Crippen LogP contribution in [-0.4, -0.2) is 5.66 Å². The molecule has 1 aromatic carbocycles. The highest BCUT2D eigenvalue weighted by molar-refractivity contribution is 7.89. The maximum atomic E-state index is 12.6. The molecule has 0 spiro atoms. The SMILES string of the molecule is O=[P@](Cl)(Cc1ccc(Cl)cc1)C1CCCCC1. The molecule has 2 rings (SSSR count).